The van der Waals surface area contributed by atoms with Crippen LogP contribution in [0.25, 0.3) is 0 Å². The minimum atomic E-state index is 0.512. The maximum Gasteiger partial charge on any atom is 0.0557 e. The highest BCUT2D eigenvalue weighted by Crippen LogP contribution is 2.36. The third kappa shape index (κ3) is 2.29. The molecule has 0 radical (unpaired) electrons. The summed E-state index contributed by atoms with van der Waals surface area (Å²) < 4.78 is 5.42. The van der Waals surface area contributed by atoms with E-state index in [0.717, 1.165) is 19.1 Å². The Morgan fingerprint density at radius 3 is 2.29 bits per heavy atom. The molecule has 0 amide bonds. The largest absolute Gasteiger partial charge is 0.380 e. The van der Waals surface area contributed by atoms with Gasteiger partial charge >= 0.3 is 0 Å². The van der Waals surface area contributed by atoms with Crippen LogP contribution in [-0.4, -0.2) is 37.7 Å². The van der Waals surface area contributed by atoms with Crippen molar-refractivity contribution < 1.29 is 4.74 Å². The Morgan fingerprint density at radius 2 is 1.86 bits per heavy atom. The number of likely N-dealkylation sites (tertiary alicyclic amines) is 1. The van der Waals surface area contributed by atoms with E-state index in [1.807, 2.05) is 0 Å². The predicted octanol–water partition coefficient (Wildman–Crippen LogP) is 2.14. The van der Waals surface area contributed by atoms with Crippen LogP contribution in [0.5, 0.6) is 0 Å². The van der Waals surface area contributed by atoms with Gasteiger partial charge in [-0.15, -0.1) is 0 Å². The van der Waals surface area contributed by atoms with Gasteiger partial charge in [-0.1, -0.05) is 13.8 Å². The van der Waals surface area contributed by atoms with E-state index < -0.39 is 0 Å². The highest BCUT2D eigenvalue weighted by atomic mass is 16.5. The van der Waals surface area contributed by atoms with Crippen molar-refractivity contribution in [3.63, 3.8) is 0 Å². The molecular weight excluding hydrogens is 174 g/mol. The van der Waals surface area contributed by atoms with Crippen molar-refractivity contribution in [2.24, 2.45) is 11.3 Å². The molecule has 0 aromatic rings. The summed E-state index contributed by atoms with van der Waals surface area (Å²) >= 11 is 0. The molecule has 0 aliphatic carbocycles. The van der Waals surface area contributed by atoms with E-state index in [9.17, 15) is 0 Å². The third-order valence-electron chi connectivity index (χ3n) is 3.42. The van der Waals surface area contributed by atoms with Crippen LogP contribution < -0.4 is 0 Å². The van der Waals surface area contributed by atoms with Gasteiger partial charge in [-0.05, 0) is 38.3 Å². The molecule has 0 spiro atoms. The molecule has 2 aliphatic rings. The van der Waals surface area contributed by atoms with Crippen LogP contribution in [0.15, 0.2) is 0 Å². The third-order valence-corrected chi connectivity index (χ3v) is 3.42. The van der Waals surface area contributed by atoms with Gasteiger partial charge in [0.2, 0.25) is 0 Å². The molecule has 0 atom stereocenters. The summed E-state index contributed by atoms with van der Waals surface area (Å²) in [6.45, 7) is 10.6. The summed E-state index contributed by atoms with van der Waals surface area (Å²) in [5, 5.41) is 0. The summed E-state index contributed by atoms with van der Waals surface area (Å²) in [6.07, 6.45) is 4.14. The molecule has 0 aromatic heterocycles. The Hall–Kier alpha value is -0.0800. The lowest BCUT2D eigenvalue weighted by Gasteiger charge is -2.45. The second kappa shape index (κ2) is 4.19. The van der Waals surface area contributed by atoms with Crippen molar-refractivity contribution in [2.75, 3.05) is 32.8 Å². The zero-order chi connectivity index (χ0) is 10.0. The number of ether oxygens (including phenoxy) is 1. The summed E-state index contributed by atoms with van der Waals surface area (Å²) in [5.74, 6) is 0.807. The number of hydrogen-bond acceptors (Lipinski definition) is 2. The van der Waals surface area contributed by atoms with Gasteiger partial charge in [0.05, 0.1) is 13.2 Å². The van der Waals surface area contributed by atoms with E-state index in [1.54, 1.807) is 0 Å². The zero-order valence-corrected chi connectivity index (χ0v) is 9.59. The lowest BCUT2D eigenvalue weighted by molar-refractivity contribution is -0.134. The molecule has 14 heavy (non-hydrogen) atoms. The van der Waals surface area contributed by atoms with Gasteiger partial charge in [-0.25, -0.2) is 0 Å². The molecule has 2 fully saturated rings. The minimum Gasteiger partial charge on any atom is -0.380 e. The van der Waals surface area contributed by atoms with E-state index in [4.69, 9.17) is 4.74 Å². The first kappa shape index (κ1) is 10.4. The molecular formula is C12H23NO. The van der Waals surface area contributed by atoms with Gasteiger partial charge < -0.3 is 9.64 Å². The van der Waals surface area contributed by atoms with Crippen molar-refractivity contribution in [1.29, 1.82) is 0 Å². The van der Waals surface area contributed by atoms with E-state index in [-0.39, 0.29) is 0 Å². The highest BCUT2D eigenvalue weighted by molar-refractivity contribution is 4.90. The second-order valence-electron chi connectivity index (χ2n) is 5.57. The maximum atomic E-state index is 5.42. The van der Waals surface area contributed by atoms with Crippen LogP contribution in [0.2, 0.25) is 0 Å². The monoisotopic (exact) mass is 197 g/mol. The van der Waals surface area contributed by atoms with Crippen molar-refractivity contribution in [2.45, 2.75) is 33.1 Å². The van der Waals surface area contributed by atoms with Gasteiger partial charge in [0.25, 0.3) is 0 Å². The smallest absolute Gasteiger partial charge is 0.0557 e. The van der Waals surface area contributed by atoms with Gasteiger partial charge in [0, 0.05) is 12.0 Å². The molecule has 0 unspecified atom stereocenters. The van der Waals surface area contributed by atoms with Crippen LogP contribution in [-0.2, 0) is 4.74 Å². The van der Waals surface area contributed by atoms with Crippen molar-refractivity contribution in [1.82, 2.24) is 4.90 Å². The Kier molecular flexibility index (Phi) is 3.13. The average molecular weight is 197 g/mol. The molecule has 2 saturated heterocycles. The fourth-order valence-corrected chi connectivity index (χ4v) is 2.95. The molecule has 0 bridgehead atoms. The van der Waals surface area contributed by atoms with E-state index >= 15 is 0 Å². The Bertz CT molecular complexity index is 181. The molecule has 2 heterocycles. The fourth-order valence-electron chi connectivity index (χ4n) is 2.95. The quantitative estimate of drug-likeness (QED) is 0.684. The summed E-state index contributed by atoms with van der Waals surface area (Å²) in [4.78, 5) is 2.63. The average Bonchev–Trinajstić information content (AvgIpc) is 2.51. The Morgan fingerprint density at radius 1 is 1.21 bits per heavy atom. The summed E-state index contributed by atoms with van der Waals surface area (Å²) in [5.41, 5.74) is 0.512. The highest BCUT2D eigenvalue weighted by Gasteiger charge is 2.40. The molecule has 2 heteroatoms. The van der Waals surface area contributed by atoms with Gasteiger partial charge in [-0.2, -0.15) is 0 Å². The standard InChI is InChI=1S/C12H23NO/c1-11(2)7-12(9-14-10-12)8-13-5-3-4-6-13/h11H,3-10H2,1-2H3. The van der Waals surface area contributed by atoms with Crippen LogP contribution in [0.1, 0.15) is 33.1 Å². The summed E-state index contributed by atoms with van der Waals surface area (Å²) in [6, 6.07) is 0. The topological polar surface area (TPSA) is 12.5 Å². The SMILES string of the molecule is CC(C)CC1(CN2CCCC2)COC1. The van der Waals surface area contributed by atoms with Crippen LogP contribution >= 0.6 is 0 Å². The second-order valence-corrected chi connectivity index (χ2v) is 5.57. The van der Waals surface area contributed by atoms with E-state index in [2.05, 4.69) is 18.7 Å². The molecule has 2 aliphatic heterocycles. The number of nitrogens with zero attached hydrogens (tertiary/aromatic N) is 1. The molecule has 2 rings (SSSR count). The van der Waals surface area contributed by atoms with Crippen LogP contribution in [0.3, 0.4) is 0 Å². The molecule has 82 valence electrons. The molecule has 0 aromatic carbocycles. The maximum absolute atomic E-state index is 5.42. The summed E-state index contributed by atoms with van der Waals surface area (Å²) in [7, 11) is 0. The Balaban J connectivity index is 1.84. The predicted molar refractivity (Wildman–Crippen MR) is 58.4 cm³/mol. The number of rotatable bonds is 4. The fraction of sp³-hybridized carbons (Fsp3) is 1.00. The first-order valence-electron chi connectivity index (χ1n) is 6.00. The van der Waals surface area contributed by atoms with E-state index in [1.165, 1.54) is 38.9 Å². The normalized spacial score (nSPS) is 26.8. The first-order chi connectivity index (χ1) is 6.70. The molecule has 0 saturated carbocycles. The molecule has 2 nitrogen and oxygen atoms in total. The lowest BCUT2D eigenvalue weighted by atomic mass is 9.78. The van der Waals surface area contributed by atoms with E-state index in [0.29, 0.717) is 5.41 Å². The first-order valence-corrected chi connectivity index (χ1v) is 6.00. The van der Waals surface area contributed by atoms with Crippen molar-refractivity contribution >= 4 is 0 Å². The van der Waals surface area contributed by atoms with Crippen LogP contribution in [0.4, 0.5) is 0 Å². The van der Waals surface area contributed by atoms with Crippen molar-refractivity contribution in [3.8, 4) is 0 Å². The molecule has 0 N–H and O–H groups in total. The Labute approximate surface area is 87.6 Å². The lowest BCUT2D eigenvalue weighted by Crippen LogP contribution is -2.51. The van der Waals surface area contributed by atoms with Crippen molar-refractivity contribution in [3.05, 3.63) is 0 Å². The minimum absolute atomic E-state index is 0.512. The van der Waals surface area contributed by atoms with Gasteiger partial charge in [-0.3, -0.25) is 0 Å². The van der Waals surface area contributed by atoms with Gasteiger partial charge in [0.15, 0.2) is 0 Å². The zero-order valence-electron chi connectivity index (χ0n) is 9.59. The number of hydrogen-bond donors (Lipinski definition) is 0. The van der Waals surface area contributed by atoms with Crippen LogP contribution in [0, 0.1) is 11.3 Å². The van der Waals surface area contributed by atoms with Gasteiger partial charge in [0.1, 0.15) is 0 Å².